The summed E-state index contributed by atoms with van der Waals surface area (Å²) in [6.45, 7) is 0. The predicted octanol–water partition coefficient (Wildman–Crippen LogP) is 1.86. The van der Waals surface area contributed by atoms with Crippen molar-refractivity contribution in [1.82, 2.24) is 19.7 Å². The Kier molecular flexibility index (Phi) is 3.19. The number of benzene rings is 1. The van der Waals surface area contributed by atoms with Crippen molar-refractivity contribution in [2.75, 3.05) is 11.1 Å². The molecule has 0 atom stereocenters. The highest BCUT2D eigenvalue weighted by Crippen LogP contribution is 2.16. The number of hydrogen-bond acceptors (Lipinski definition) is 6. The van der Waals surface area contributed by atoms with Gasteiger partial charge in [0, 0.05) is 11.9 Å². The molecule has 7 heteroatoms. The van der Waals surface area contributed by atoms with Gasteiger partial charge in [0.15, 0.2) is 5.82 Å². The van der Waals surface area contributed by atoms with Crippen LogP contribution >= 0.6 is 0 Å². The molecule has 7 nitrogen and oxygen atoms in total. The minimum atomic E-state index is 0.241. The molecule has 0 aliphatic heterocycles. The van der Waals surface area contributed by atoms with Gasteiger partial charge in [-0.25, -0.2) is 4.98 Å². The summed E-state index contributed by atoms with van der Waals surface area (Å²) in [6.07, 6.45) is 1.66. The maximum Gasteiger partial charge on any atom is 0.248 e. The first-order chi connectivity index (χ1) is 10.3. The lowest BCUT2D eigenvalue weighted by Crippen LogP contribution is -2.04. The third kappa shape index (κ3) is 2.64. The fourth-order valence-corrected chi connectivity index (χ4v) is 1.78. The smallest absolute Gasteiger partial charge is 0.248 e. The van der Waals surface area contributed by atoms with Crippen molar-refractivity contribution in [1.29, 1.82) is 5.26 Å². The molecule has 3 aromatic rings. The molecule has 0 amide bonds. The monoisotopic (exact) mass is 277 g/mol. The Balaban J connectivity index is 1.85. The molecule has 0 radical (unpaired) electrons. The second-order valence-electron chi connectivity index (χ2n) is 4.21. The van der Waals surface area contributed by atoms with Crippen molar-refractivity contribution >= 4 is 17.6 Å². The van der Waals surface area contributed by atoms with Crippen molar-refractivity contribution in [2.45, 2.75) is 0 Å². The van der Waals surface area contributed by atoms with Crippen LogP contribution in [0.1, 0.15) is 5.56 Å². The molecule has 102 valence electrons. The van der Waals surface area contributed by atoms with Gasteiger partial charge in [-0.15, -0.1) is 5.10 Å². The number of nitrogens with two attached hydrogens (primary N) is 1. The summed E-state index contributed by atoms with van der Waals surface area (Å²) in [6, 6.07) is 14.5. The lowest BCUT2D eigenvalue weighted by Gasteiger charge is -2.01. The molecule has 0 saturated heterocycles. The van der Waals surface area contributed by atoms with E-state index < -0.39 is 0 Å². The SMILES string of the molecule is N#Cc1ccc(Nc2nc(N)n(-c3ccccn3)n2)cc1. The Bertz CT molecular complexity index is 784. The van der Waals surface area contributed by atoms with Crippen LogP contribution in [0.25, 0.3) is 5.82 Å². The highest BCUT2D eigenvalue weighted by Gasteiger charge is 2.09. The Hall–Kier alpha value is -3.40. The minimum absolute atomic E-state index is 0.241. The second kappa shape index (κ2) is 5.30. The van der Waals surface area contributed by atoms with E-state index >= 15 is 0 Å². The summed E-state index contributed by atoms with van der Waals surface area (Å²) >= 11 is 0. The zero-order chi connectivity index (χ0) is 14.7. The average Bonchev–Trinajstić information content (AvgIpc) is 2.89. The van der Waals surface area contributed by atoms with Crippen molar-refractivity contribution in [2.24, 2.45) is 0 Å². The standard InChI is InChI=1S/C14H11N7/c15-9-10-4-6-11(7-5-10)18-14-19-13(16)21(20-14)12-3-1-2-8-17-12/h1-8H,(H3,16,18,19,20). The summed E-state index contributed by atoms with van der Waals surface area (Å²) in [4.78, 5) is 8.31. The molecule has 2 heterocycles. The topological polar surface area (TPSA) is 105 Å². The highest BCUT2D eigenvalue weighted by molar-refractivity contribution is 5.56. The lowest BCUT2D eigenvalue weighted by molar-refractivity contribution is 0.859. The summed E-state index contributed by atoms with van der Waals surface area (Å²) in [5.41, 5.74) is 7.20. The molecule has 0 spiro atoms. The van der Waals surface area contributed by atoms with E-state index in [1.165, 1.54) is 4.68 Å². The molecule has 0 aliphatic rings. The first-order valence-electron chi connectivity index (χ1n) is 6.17. The number of aromatic nitrogens is 4. The van der Waals surface area contributed by atoms with E-state index in [4.69, 9.17) is 11.0 Å². The van der Waals surface area contributed by atoms with E-state index in [0.717, 1.165) is 5.69 Å². The highest BCUT2D eigenvalue weighted by atomic mass is 15.4. The molecule has 3 N–H and O–H groups in total. The number of anilines is 3. The van der Waals surface area contributed by atoms with Crippen molar-refractivity contribution < 1.29 is 0 Å². The largest absolute Gasteiger partial charge is 0.368 e. The molecule has 0 aliphatic carbocycles. The van der Waals surface area contributed by atoms with Crippen molar-refractivity contribution in [3.63, 3.8) is 0 Å². The zero-order valence-electron chi connectivity index (χ0n) is 10.9. The summed E-state index contributed by atoms with van der Waals surface area (Å²) < 4.78 is 1.45. The van der Waals surface area contributed by atoms with Gasteiger partial charge in [0.1, 0.15) is 0 Å². The number of pyridine rings is 1. The number of nitriles is 1. The van der Waals surface area contributed by atoms with Crippen LogP contribution in [0.5, 0.6) is 0 Å². The maximum absolute atomic E-state index is 8.76. The molecule has 0 fully saturated rings. The second-order valence-corrected chi connectivity index (χ2v) is 4.21. The van der Waals surface area contributed by atoms with E-state index in [-0.39, 0.29) is 5.95 Å². The molecular formula is C14H11N7. The van der Waals surface area contributed by atoms with Crippen LogP contribution in [-0.4, -0.2) is 19.7 Å². The van der Waals surface area contributed by atoms with Gasteiger partial charge < -0.3 is 11.1 Å². The van der Waals surface area contributed by atoms with Crippen LogP contribution in [-0.2, 0) is 0 Å². The van der Waals surface area contributed by atoms with Gasteiger partial charge in [0.25, 0.3) is 0 Å². The summed E-state index contributed by atoms with van der Waals surface area (Å²) in [7, 11) is 0. The molecule has 0 unspecified atom stereocenters. The molecule has 0 bridgehead atoms. The van der Waals surface area contributed by atoms with Gasteiger partial charge in [-0.1, -0.05) is 6.07 Å². The van der Waals surface area contributed by atoms with Crippen molar-refractivity contribution in [3.05, 3.63) is 54.2 Å². The van der Waals surface area contributed by atoms with Gasteiger partial charge in [-0.05, 0) is 36.4 Å². The van der Waals surface area contributed by atoms with Gasteiger partial charge in [0.2, 0.25) is 11.9 Å². The molecule has 1 aromatic carbocycles. The molecular weight excluding hydrogens is 266 g/mol. The normalized spacial score (nSPS) is 10.0. The summed E-state index contributed by atoms with van der Waals surface area (Å²) in [5, 5.41) is 16.0. The predicted molar refractivity (Wildman–Crippen MR) is 78.0 cm³/mol. The minimum Gasteiger partial charge on any atom is -0.368 e. The van der Waals surface area contributed by atoms with Crippen LogP contribution in [0.15, 0.2) is 48.7 Å². The average molecular weight is 277 g/mol. The van der Waals surface area contributed by atoms with Crippen LogP contribution in [0.3, 0.4) is 0 Å². The van der Waals surface area contributed by atoms with E-state index in [1.54, 1.807) is 36.5 Å². The van der Waals surface area contributed by atoms with E-state index in [1.807, 2.05) is 12.1 Å². The zero-order valence-corrected chi connectivity index (χ0v) is 10.9. The molecule has 0 saturated carbocycles. The van der Waals surface area contributed by atoms with Crippen LogP contribution in [0.2, 0.25) is 0 Å². The third-order valence-corrected chi connectivity index (χ3v) is 2.77. The van der Waals surface area contributed by atoms with Gasteiger partial charge >= 0.3 is 0 Å². The maximum atomic E-state index is 8.76. The Morgan fingerprint density at radius 1 is 1.14 bits per heavy atom. The number of nitrogen functional groups attached to an aromatic ring is 1. The Morgan fingerprint density at radius 2 is 1.95 bits per heavy atom. The first kappa shape index (κ1) is 12.6. The number of rotatable bonds is 3. The first-order valence-corrected chi connectivity index (χ1v) is 6.17. The lowest BCUT2D eigenvalue weighted by atomic mass is 10.2. The van der Waals surface area contributed by atoms with Crippen LogP contribution in [0, 0.1) is 11.3 Å². The van der Waals surface area contributed by atoms with Gasteiger partial charge in [0.05, 0.1) is 11.6 Å². The van der Waals surface area contributed by atoms with Crippen LogP contribution < -0.4 is 11.1 Å². The van der Waals surface area contributed by atoms with Gasteiger partial charge in [-0.3, -0.25) is 0 Å². The number of nitrogens with zero attached hydrogens (tertiary/aromatic N) is 5. The van der Waals surface area contributed by atoms with E-state index in [9.17, 15) is 0 Å². The van der Waals surface area contributed by atoms with Crippen LogP contribution in [0.4, 0.5) is 17.6 Å². The van der Waals surface area contributed by atoms with E-state index in [2.05, 4.69) is 26.5 Å². The molecule has 3 rings (SSSR count). The Labute approximate surface area is 120 Å². The molecule has 21 heavy (non-hydrogen) atoms. The third-order valence-electron chi connectivity index (χ3n) is 2.77. The van der Waals surface area contributed by atoms with Crippen molar-refractivity contribution in [3.8, 4) is 11.9 Å². The Morgan fingerprint density at radius 3 is 2.62 bits per heavy atom. The fraction of sp³-hybridized carbons (Fsp3) is 0. The van der Waals surface area contributed by atoms with E-state index in [0.29, 0.717) is 17.3 Å². The molecule has 2 aromatic heterocycles. The fourth-order valence-electron chi connectivity index (χ4n) is 1.78. The number of nitrogens with one attached hydrogen (secondary N) is 1. The van der Waals surface area contributed by atoms with Gasteiger partial charge in [-0.2, -0.15) is 14.9 Å². The quantitative estimate of drug-likeness (QED) is 0.757. The summed E-state index contributed by atoms with van der Waals surface area (Å²) in [5.74, 6) is 1.20. The number of hydrogen-bond donors (Lipinski definition) is 2.